The third-order valence-corrected chi connectivity index (χ3v) is 4.05. The standard InChI is InChI=1S/C6H14O2Si/c1-6(8-5-7)9(2,3)4/h5-6H,1-4H3/t6-/m0/s1. The molecule has 0 bridgehead atoms. The van der Waals surface area contributed by atoms with Gasteiger partial charge in [0.1, 0.15) is 0 Å². The van der Waals surface area contributed by atoms with Gasteiger partial charge in [0.05, 0.1) is 13.8 Å². The first kappa shape index (κ1) is 8.69. The van der Waals surface area contributed by atoms with Crippen molar-refractivity contribution in [3.8, 4) is 0 Å². The molecule has 0 radical (unpaired) electrons. The van der Waals surface area contributed by atoms with Crippen LogP contribution in [0.4, 0.5) is 0 Å². The van der Waals surface area contributed by atoms with E-state index >= 15 is 0 Å². The van der Waals surface area contributed by atoms with Gasteiger partial charge in [-0.1, -0.05) is 19.6 Å². The first-order chi connectivity index (χ1) is 3.98. The van der Waals surface area contributed by atoms with Crippen molar-refractivity contribution in [2.24, 2.45) is 0 Å². The van der Waals surface area contributed by atoms with Crippen LogP contribution in [0, 0.1) is 0 Å². The number of hydrogen-bond donors (Lipinski definition) is 0. The fraction of sp³-hybridized carbons (Fsp3) is 0.833. The molecule has 0 aliphatic carbocycles. The van der Waals surface area contributed by atoms with Gasteiger partial charge in [0, 0.05) is 0 Å². The lowest BCUT2D eigenvalue weighted by Gasteiger charge is -2.22. The minimum atomic E-state index is -1.24. The quantitative estimate of drug-likeness (QED) is 0.444. The van der Waals surface area contributed by atoms with E-state index < -0.39 is 8.07 Å². The average molecular weight is 146 g/mol. The van der Waals surface area contributed by atoms with E-state index in [4.69, 9.17) is 4.74 Å². The molecule has 0 rings (SSSR count). The van der Waals surface area contributed by atoms with E-state index in [0.717, 1.165) is 0 Å². The van der Waals surface area contributed by atoms with Crippen LogP contribution in [-0.2, 0) is 9.53 Å². The van der Waals surface area contributed by atoms with Gasteiger partial charge in [-0.3, -0.25) is 4.79 Å². The van der Waals surface area contributed by atoms with Gasteiger partial charge >= 0.3 is 0 Å². The lowest BCUT2D eigenvalue weighted by molar-refractivity contribution is -0.130. The maximum absolute atomic E-state index is 9.86. The molecule has 0 aromatic heterocycles. The van der Waals surface area contributed by atoms with Crippen molar-refractivity contribution in [3.05, 3.63) is 0 Å². The van der Waals surface area contributed by atoms with Gasteiger partial charge in [-0.25, -0.2) is 0 Å². The van der Waals surface area contributed by atoms with Crippen LogP contribution in [0.25, 0.3) is 0 Å². The van der Waals surface area contributed by atoms with Gasteiger partial charge in [0.15, 0.2) is 0 Å². The summed E-state index contributed by atoms with van der Waals surface area (Å²) >= 11 is 0. The summed E-state index contributed by atoms with van der Waals surface area (Å²) in [7, 11) is -1.24. The Hall–Kier alpha value is -0.313. The van der Waals surface area contributed by atoms with Crippen LogP contribution in [0.15, 0.2) is 0 Å². The van der Waals surface area contributed by atoms with E-state index in [2.05, 4.69) is 19.6 Å². The van der Waals surface area contributed by atoms with Crippen molar-refractivity contribution in [1.29, 1.82) is 0 Å². The normalized spacial score (nSPS) is 14.7. The van der Waals surface area contributed by atoms with Crippen LogP contribution < -0.4 is 0 Å². The molecule has 9 heavy (non-hydrogen) atoms. The van der Waals surface area contributed by atoms with Crippen molar-refractivity contribution >= 4 is 14.5 Å². The highest BCUT2D eigenvalue weighted by Gasteiger charge is 2.23. The number of carbonyl (C=O) groups is 1. The Labute approximate surface area is 57.2 Å². The Kier molecular flexibility index (Phi) is 2.90. The van der Waals surface area contributed by atoms with Crippen molar-refractivity contribution < 1.29 is 9.53 Å². The van der Waals surface area contributed by atoms with E-state index in [0.29, 0.717) is 6.47 Å². The number of carbonyl (C=O) groups excluding carboxylic acids is 1. The molecule has 54 valence electrons. The molecule has 0 saturated heterocycles. The van der Waals surface area contributed by atoms with Crippen LogP contribution in [0.3, 0.4) is 0 Å². The summed E-state index contributed by atoms with van der Waals surface area (Å²) in [5, 5.41) is 0. The molecule has 0 fully saturated rings. The van der Waals surface area contributed by atoms with E-state index in [1.165, 1.54) is 0 Å². The zero-order valence-electron chi connectivity index (χ0n) is 6.47. The summed E-state index contributed by atoms with van der Waals surface area (Å²) in [6.45, 7) is 8.98. The van der Waals surface area contributed by atoms with E-state index in [-0.39, 0.29) is 5.73 Å². The van der Waals surface area contributed by atoms with Crippen LogP contribution >= 0.6 is 0 Å². The smallest absolute Gasteiger partial charge is 0.293 e. The largest absolute Gasteiger partial charge is 0.469 e. The molecule has 0 aromatic carbocycles. The minimum Gasteiger partial charge on any atom is -0.469 e. The topological polar surface area (TPSA) is 26.3 Å². The van der Waals surface area contributed by atoms with Crippen molar-refractivity contribution in [1.82, 2.24) is 0 Å². The van der Waals surface area contributed by atoms with Crippen LogP contribution in [0.1, 0.15) is 6.92 Å². The summed E-state index contributed by atoms with van der Waals surface area (Å²) in [6.07, 6.45) is 0. The van der Waals surface area contributed by atoms with Crippen molar-refractivity contribution in [2.75, 3.05) is 0 Å². The molecule has 3 heteroatoms. The molecule has 0 N–H and O–H groups in total. The Morgan fingerprint density at radius 1 is 1.44 bits per heavy atom. The second-order valence-corrected chi connectivity index (χ2v) is 8.79. The zero-order valence-corrected chi connectivity index (χ0v) is 7.47. The Morgan fingerprint density at radius 2 is 1.89 bits per heavy atom. The van der Waals surface area contributed by atoms with E-state index in [9.17, 15) is 4.79 Å². The monoisotopic (exact) mass is 146 g/mol. The predicted molar refractivity (Wildman–Crippen MR) is 40.0 cm³/mol. The lowest BCUT2D eigenvalue weighted by atomic mass is 10.8. The van der Waals surface area contributed by atoms with Gasteiger partial charge in [-0.2, -0.15) is 0 Å². The van der Waals surface area contributed by atoms with Gasteiger partial charge in [0.25, 0.3) is 6.47 Å². The first-order valence-corrected chi connectivity index (χ1v) is 6.65. The second kappa shape index (κ2) is 3.01. The Bertz CT molecular complexity index is 95.7. The molecule has 1 atom stereocenters. The van der Waals surface area contributed by atoms with E-state index in [1.54, 1.807) is 0 Å². The Morgan fingerprint density at radius 3 is 2.00 bits per heavy atom. The van der Waals surface area contributed by atoms with Crippen LogP contribution in [0.2, 0.25) is 19.6 Å². The fourth-order valence-electron chi connectivity index (χ4n) is 0.287. The predicted octanol–water partition coefficient (Wildman–Crippen LogP) is 1.43. The molecule has 0 aliphatic heterocycles. The number of hydrogen-bond acceptors (Lipinski definition) is 2. The molecular weight excluding hydrogens is 132 g/mol. The van der Waals surface area contributed by atoms with E-state index in [1.807, 2.05) is 6.92 Å². The molecule has 0 unspecified atom stereocenters. The van der Waals surface area contributed by atoms with Crippen molar-refractivity contribution in [2.45, 2.75) is 32.3 Å². The molecule has 2 nitrogen and oxygen atoms in total. The maximum atomic E-state index is 9.86. The third kappa shape index (κ3) is 3.29. The van der Waals surface area contributed by atoms with Crippen LogP contribution in [0.5, 0.6) is 0 Å². The molecular formula is C6H14O2Si. The highest BCUT2D eigenvalue weighted by molar-refractivity contribution is 6.77. The highest BCUT2D eigenvalue weighted by Crippen LogP contribution is 2.08. The average Bonchev–Trinajstić information content (AvgIpc) is 1.64. The molecule has 0 amide bonds. The fourth-order valence-corrected chi connectivity index (χ4v) is 0.751. The summed E-state index contributed by atoms with van der Waals surface area (Å²) in [4.78, 5) is 9.86. The Balaban J connectivity index is 3.72. The molecule has 0 spiro atoms. The summed E-state index contributed by atoms with van der Waals surface area (Å²) in [6, 6.07) is 0. The van der Waals surface area contributed by atoms with Crippen LogP contribution in [-0.4, -0.2) is 20.3 Å². The van der Waals surface area contributed by atoms with Crippen molar-refractivity contribution in [3.63, 3.8) is 0 Å². The number of ether oxygens (including phenoxy) is 1. The lowest BCUT2D eigenvalue weighted by Crippen LogP contribution is -2.37. The maximum Gasteiger partial charge on any atom is 0.293 e. The second-order valence-electron chi connectivity index (χ2n) is 3.24. The molecule has 0 aliphatic rings. The molecule has 0 saturated carbocycles. The number of rotatable bonds is 3. The van der Waals surface area contributed by atoms with Gasteiger partial charge in [-0.15, -0.1) is 0 Å². The van der Waals surface area contributed by atoms with Gasteiger partial charge < -0.3 is 4.74 Å². The third-order valence-electron chi connectivity index (χ3n) is 1.48. The molecule has 0 heterocycles. The summed E-state index contributed by atoms with van der Waals surface area (Å²) < 4.78 is 4.79. The first-order valence-electron chi connectivity index (χ1n) is 3.07. The van der Waals surface area contributed by atoms with Gasteiger partial charge in [-0.05, 0) is 6.92 Å². The SMILES string of the molecule is C[C@@H](OC=O)[Si](C)(C)C. The molecule has 0 aromatic rings. The highest BCUT2D eigenvalue weighted by atomic mass is 28.3. The summed E-state index contributed by atoms with van der Waals surface area (Å²) in [5.41, 5.74) is 0.134. The van der Waals surface area contributed by atoms with Gasteiger partial charge in [0.2, 0.25) is 0 Å². The minimum absolute atomic E-state index is 0.134. The summed E-state index contributed by atoms with van der Waals surface area (Å²) in [5.74, 6) is 0. The zero-order chi connectivity index (χ0) is 7.49.